The van der Waals surface area contributed by atoms with E-state index in [1.54, 1.807) is 13.8 Å². The third-order valence-electron chi connectivity index (χ3n) is 1.52. The van der Waals surface area contributed by atoms with Crippen LogP contribution >= 0.6 is 0 Å². The van der Waals surface area contributed by atoms with Crippen molar-refractivity contribution < 1.29 is 19.4 Å². The topological polar surface area (TPSA) is 55.8 Å². The van der Waals surface area contributed by atoms with Crippen LogP contribution in [0.4, 0.5) is 0 Å². The SMILES string of the molecule is C=C(OCC)/C(O)=C(\C)C(=O)OCC. The molecule has 1 N–H and O–H groups in total. The molecule has 0 bridgehead atoms. The first-order valence-electron chi connectivity index (χ1n) is 4.43. The molecule has 0 aromatic heterocycles. The Balaban J connectivity index is 4.57. The Hall–Kier alpha value is -1.45. The lowest BCUT2D eigenvalue weighted by Crippen LogP contribution is -2.09. The number of ether oxygens (including phenoxy) is 2. The van der Waals surface area contributed by atoms with Gasteiger partial charge >= 0.3 is 5.97 Å². The first-order chi connectivity index (χ1) is 6.54. The molecule has 0 amide bonds. The van der Waals surface area contributed by atoms with Crippen LogP contribution in [-0.2, 0) is 14.3 Å². The molecule has 0 radical (unpaired) electrons. The molecule has 80 valence electrons. The lowest BCUT2D eigenvalue weighted by atomic mass is 10.2. The van der Waals surface area contributed by atoms with E-state index in [2.05, 4.69) is 6.58 Å². The zero-order chi connectivity index (χ0) is 11.1. The second kappa shape index (κ2) is 6.07. The summed E-state index contributed by atoms with van der Waals surface area (Å²) >= 11 is 0. The fourth-order valence-corrected chi connectivity index (χ4v) is 0.788. The highest BCUT2D eigenvalue weighted by Crippen LogP contribution is 2.12. The molecule has 0 spiro atoms. The minimum atomic E-state index is -0.564. The summed E-state index contributed by atoms with van der Waals surface area (Å²) < 4.78 is 9.64. The van der Waals surface area contributed by atoms with Crippen LogP contribution in [0.1, 0.15) is 20.8 Å². The van der Waals surface area contributed by atoms with Crippen LogP contribution in [0.15, 0.2) is 23.7 Å². The molecule has 0 heterocycles. The van der Waals surface area contributed by atoms with Gasteiger partial charge in [0.15, 0.2) is 11.5 Å². The van der Waals surface area contributed by atoms with Crippen LogP contribution in [0.25, 0.3) is 0 Å². The van der Waals surface area contributed by atoms with Gasteiger partial charge in [-0.2, -0.15) is 0 Å². The maximum Gasteiger partial charge on any atom is 0.337 e. The normalized spacial score (nSPS) is 11.6. The maximum absolute atomic E-state index is 11.2. The third kappa shape index (κ3) is 3.51. The summed E-state index contributed by atoms with van der Waals surface area (Å²) in [5.41, 5.74) is 0.102. The van der Waals surface area contributed by atoms with Crippen LogP contribution in [0.3, 0.4) is 0 Å². The van der Waals surface area contributed by atoms with E-state index in [1.807, 2.05) is 0 Å². The number of esters is 1. The first-order valence-corrected chi connectivity index (χ1v) is 4.43. The van der Waals surface area contributed by atoms with Crippen molar-refractivity contribution in [3.63, 3.8) is 0 Å². The van der Waals surface area contributed by atoms with E-state index in [0.29, 0.717) is 6.61 Å². The Morgan fingerprint density at radius 3 is 2.21 bits per heavy atom. The largest absolute Gasteiger partial charge is 0.504 e. The maximum atomic E-state index is 11.2. The fourth-order valence-electron chi connectivity index (χ4n) is 0.788. The molecule has 0 aliphatic carbocycles. The van der Waals surface area contributed by atoms with Crippen LogP contribution in [-0.4, -0.2) is 24.3 Å². The van der Waals surface area contributed by atoms with Gasteiger partial charge in [-0.25, -0.2) is 4.79 Å². The average Bonchev–Trinajstić information content (AvgIpc) is 2.16. The molecule has 0 saturated heterocycles. The number of rotatable bonds is 5. The number of aliphatic hydroxyl groups excluding tert-OH is 1. The quantitative estimate of drug-likeness (QED) is 0.319. The van der Waals surface area contributed by atoms with Crippen molar-refractivity contribution in [3.05, 3.63) is 23.7 Å². The monoisotopic (exact) mass is 200 g/mol. The molecule has 14 heavy (non-hydrogen) atoms. The highest BCUT2D eigenvalue weighted by atomic mass is 16.5. The Bertz CT molecular complexity index is 227. The van der Waals surface area contributed by atoms with E-state index < -0.39 is 5.97 Å². The summed E-state index contributed by atoms with van der Waals surface area (Å²) in [6.07, 6.45) is 0. The van der Waals surface area contributed by atoms with E-state index >= 15 is 0 Å². The Labute approximate surface area is 83.8 Å². The van der Waals surface area contributed by atoms with Crippen molar-refractivity contribution in [1.29, 1.82) is 0 Å². The molecule has 0 aromatic carbocycles. The highest BCUT2D eigenvalue weighted by Gasteiger charge is 2.13. The zero-order valence-electron chi connectivity index (χ0n) is 8.79. The Morgan fingerprint density at radius 2 is 1.79 bits per heavy atom. The molecule has 0 atom stereocenters. The van der Waals surface area contributed by atoms with Gasteiger partial charge < -0.3 is 14.6 Å². The van der Waals surface area contributed by atoms with Gasteiger partial charge in [-0.05, 0) is 20.8 Å². The zero-order valence-corrected chi connectivity index (χ0v) is 8.79. The lowest BCUT2D eigenvalue weighted by Gasteiger charge is -2.08. The van der Waals surface area contributed by atoms with Crippen molar-refractivity contribution in [2.45, 2.75) is 20.8 Å². The van der Waals surface area contributed by atoms with Gasteiger partial charge in [0.2, 0.25) is 0 Å². The minimum Gasteiger partial charge on any atom is -0.504 e. The first kappa shape index (κ1) is 12.6. The van der Waals surface area contributed by atoms with Crippen LogP contribution < -0.4 is 0 Å². The van der Waals surface area contributed by atoms with Gasteiger partial charge in [-0.15, -0.1) is 0 Å². The van der Waals surface area contributed by atoms with Crippen molar-refractivity contribution in [3.8, 4) is 0 Å². The van der Waals surface area contributed by atoms with Gasteiger partial charge in [0.25, 0.3) is 0 Å². The van der Waals surface area contributed by atoms with Crippen molar-refractivity contribution >= 4 is 5.97 Å². The van der Waals surface area contributed by atoms with Gasteiger partial charge in [0.05, 0.1) is 18.8 Å². The van der Waals surface area contributed by atoms with E-state index in [1.165, 1.54) is 6.92 Å². The summed E-state index contributed by atoms with van der Waals surface area (Å²) in [6, 6.07) is 0. The van der Waals surface area contributed by atoms with Gasteiger partial charge in [-0.3, -0.25) is 0 Å². The fraction of sp³-hybridized carbons (Fsp3) is 0.500. The highest BCUT2D eigenvalue weighted by molar-refractivity contribution is 5.88. The molecule has 0 unspecified atom stereocenters. The molecule has 4 heteroatoms. The molecule has 0 saturated carbocycles. The molecule has 4 nitrogen and oxygen atoms in total. The average molecular weight is 200 g/mol. The van der Waals surface area contributed by atoms with Gasteiger partial charge in [-0.1, -0.05) is 6.58 Å². The lowest BCUT2D eigenvalue weighted by molar-refractivity contribution is -0.138. The number of aliphatic hydroxyl groups is 1. The van der Waals surface area contributed by atoms with Crippen molar-refractivity contribution in [1.82, 2.24) is 0 Å². The van der Waals surface area contributed by atoms with E-state index in [4.69, 9.17) is 9.47 Å². The number of hydrogen-bond acceptors (Lipinski definition) is 4. The predicted octanol–water partition coefficient (Wildman–Crippen LogP) is 1.93. The van der Waals surface area contributed by atoms with Crippen LogP contribution in [0, 0.1) is 0 Å². The summed E-state index contributed by atoms with van der Waals surface area (Å²) in [5.74, 6) is -0.741. The molecule has 0 aromatic rings. The molecule has 0 fully saturated rings. The van der Waals surface area contributed by atoms with Crippen molar-refractivity contribution in [2.75, 3.05) is 13.2 Å². The molecule has 0 rings (SSSR count). The predicted molar refractivity (Wildman–Crippen MR) is 52.7 cm³/mol. The summed E-state index contributed by atoms with van der Waals surface area (Å²) in [7, 11) is 0. The number of carbonyl (C=O) groups excluding carboxylic acids is 1. The molecule has 0 aliphatic heterocycles. The van der Waals surface area contributed by atoms with Crippen LogP contribution in [0.5, 0.6) is 0 Å². The molecular formula is C10H16O4. The van der Waals surface area contributed by atoms with Crippen LogP contribution in [0.2, 0.25) is 0 Å². The third-order valence-corrected chi connectivity index (χ3v) is 1.52. The minimum absolute atomic E-state index is 0.0815. The summed E-state index contributed by atoms with van der Waals surface area (Å²) in [4.78, 5) is 11.2. The van der Waals surface area contributed by atoms with Crippen molar-refractivity contribution in [2.24, 2.45) is 0 Å². The van der Waals surface area contributed by atoms with E-state index in [9.17, 15) is 9.90 Å². The standard InChI is InChI=1S/C10H16O4/c1-5-13-8(4)9(11)7(3)10(12)14-6-2/h11H,4-6H2,1-3H3/b9-7-. The van der Waals surface area contributed by atoms with E-state index in [-0.39, 0.29) is 23.7 Å². The summed E-state index contributed by atoms with van der Waals surface area (Å²) in [6.45, 7) is 9.04. The smallest absolute Gasteiger partial charge is 0.337 e. The molecular weight excluding hydrogens is 184 g/mol. The molecule has 0 aliphatic rings. The second-order valence-electron chi connectivity index (χ2n) is 2.55. The number of carbonyl (C=O) groups is 1. The number of hydrogen-bond donors (Lipinski definition) is 1. The second-order valence-corrected chi connectivity index (χ2v) is 2.55. The Morgan fingerprint density at radius 1 is 1.29 bits per heavy atom. The van der Waals surface area contributed by atoms with Gasteiger partial charge in [0, 0.05) is 0 Å². The Kier molecular flexibility index (Phi) is 5.44. The summed E-state index contributed by atoms with van der Waals surface area (Å²) in [5, 5.41) is 9.47. The van der Waals surface area contributed by atoms with Gasteiger partial charge in [0.1, 0.15) is 0 Å². The van der Waals surface area contributed by atoms with E-state index in [0.717, 1.165) is 0 Å².